The predicted molar refractivity (Wildman–Crippen MR) is 62.9 cm³/mol. The van der Waals surface area contributed by atoms with E-state index in [0.717, 1.165) is 41.4 Å². The molecule has 4 nitrogen and oxygen atoms in total. The van der Waals surface area contributed by atoms with Gasteiger partial charge in [0.1, 0.15) is 5.82 Å². The normalized spacial score (nSPS) is 14.1. The number of anilines is 1. The third-order valence-electron chi connectivity index (χ3n) is 3.23. The SMILES string of the molecule is Cc1c(N)cccc1-c1nnc2n1CCC2. The monoisotopic (exact) mass is 214 g/mol. The van der Waals surface area contributed by atoms with Crippen LogP contribution in [-0.2, 0) is 13.0 Å². The molecule has 3 rings (SSSR count). The molecule has 1 aliphatic heterocycles. The van der Waals surface area contributed by atoms with E-state index < -0.39 is 0 Å². The standard InChI is InChI=1S/C12H14N4/c1-8-9(4-2-5-10(8)13)12-15-14-11-6-3-7-16(11)12/h2,4-5H,3,6-7,13H2,1H3. The van der Waals surface area contributed by atoms with E-state index in [9.17, 15) is 0 Å². The van der Waals surface area contributed by atoms with Gasteiger partial charge in [-0.2, -0.15) is 0 Å². The van der Waals surface area contributed by atoms with Gasteiger partial charge in [0, 0.05) is 24.2 Å². The molecule has 2 N–H and O–H groups in total. The molecule has 1 aromatic carbocycles. The number of benzene rings is 1. The topological polar surface area (TPSA) is 56.7 Å². The number of aryl methyl sites for hydroxylation is 1. The molecule has 0 spiro atoms. The highest BCUT2D eigenvalue weighted by atomic mass is 15.3. The van der Waals surface area contributed by atoms with Crippen LogP contribution in [0.5, 0.6) is 0 Å². The van der Waals surface area contributed by atoms with Crippen molar-refractivity contribution in [3.63, 3.8) is 0 Å². The molecule has 0 aliphatic carbocycles. The molecule has 1 aromatic heterocycles. The first-order valence-corrected chi connectivity index (χ1v) is 5.55. The lowest BCUT2D eigenvalue weighted by molar-refractivity contribution is 0.748. The molecule has 82 valence electrons. The summed E-state index contributed by atoms with van der Waals surface area (Å²) in [6.45, 7) is 3.05. The molecule has 0 unspecified atom stereocenters. The minimum Gasteiger partial charge on any atom is -0.398 e. The van der Waals surface area contributed by atoms with E-state index in [1.54, 1.807) is 0 Å². The quantitative estimate of drug-likeness (QED) is 0.736. The highest BCUT2D eigenvalue weighted by Crippen LogP contribution is 2.28. The molecule has 0 saturated heterocycles. The molecule has 0 atom stereocenters. The van der Waals surface area contributed by atoms with Crippen LogP contribution in [0.15, 0.2) is 18.2 Å². The first kappa shape index (κ1) is 9.39. The average molecular weight is 214 g/mol. The predicted octanol–water partition coefficient (Wildman–Crippen LogP) is 1.78. The van der Waals surface area contributed by atoms with Crippen LogP contribution in [0.4, 0.5) is 5.69 Å². The van der Waals surface area contributed by atoms with Gasteiger partial charge in [0.15, 0.2) is 5.82 Å². The molecule has 0 fully saturated rings. The Morgan fingerprint density at radius 3 is 3.06 bits per heavy atom. The molecule has 0 amide bonds. The Morgan fingerprint density at radius 2 is 2.19 bits per heavy atom. The summed E-state index contributed by atoms with van der Waals surface area (Å²) < 4.78 is 2.20. The van der Waals surface area contributed by atoms with Gasteiger partial charge in [-0.25, -0.2) is 0 Å². The van der Waals surface area contributed by atoms with Gasteiger partial charge in [-0.3, -0.25) is 0 Å². The summed E-state index contributed by atoms with van der Waals surface area (Å²) in [6, 6.07) is 5.94. The van der Waals surface area contributed by atoms with E-state index >= 15 is 0 Å². The van der Waals surface area contributed by atoms with Gasteiger partial charge in [-0.05, 0) is 25.0 Å². The molecule has 2 heterocycles. The first-order valence-electron chi connectivity index (χ1n) is 5.55. The van der Waals surface area contributed by atoms with Gasteiger partial charge >= 0.3 is 0 Å². The molecule has 0 radical (unpaired) electrons. The lowest BCUT2D eigenvalue weighted by Crippen LogP contribution is -1.99. The molecular formula is C12H14N4. The van der Waals surface area contributed by atoms with Crippen molar-refractivity contribution in [2.45, 2.75) is 26.3 Å². The van der Waals surface area contributed by atoms with Crippen LogP contribution < -0.4 is 5.73 Å². The molecule has 0 bridgehead atoms. The van der Waals surface area contributed by atoms with Crippen LogP contribution >= 0.6 is 0 Å². The van der Waals surface area contributed by atoms with Gasteiger partial charge in [0.25, 0.3) is 0 Å². The van der Waals surface area contributed by atoms with Crippen molar-refractivity contribution in [1.82, 2.24) is 14.8 Å². The van der Waals surface area contributed by atoms with Crippen LogP contribution in [-0.4, -0.2) is 14.8 Å². The summed E-state index contributed by atoms with van der Waals surface area (Å²) in [5.74, 6) is 2.05. The third-order valence-corrected chi connectivity index (χ3v) is 3.23. The molecule has 2 aromatic rings. The Balaban J connectivity index is 2.19. The van der Waals surface area contributed by atoms with E-state index in [1.165, 1.54) is 6.42 Å². The van der Waals surface area contributed by atoms with E-state index in [-0.39, 0.29) is 0 Å². The average Bonchev–Trinajstić information content (AvgIpc) is 2.84. The van der Waals surface area contributed by atoms with Crippen LogP contribution in [0, 0.1) is 6.92 Å². The van der Waals surface area contributed by atoms with E-state index in [0.29, 0.717) is 0 Å². The van der Waals surface area contributed by atoms with Crippen LogP contribution in [0.3, 0.4) is 0 Å². The molecule has 16 heavy (non-hydrogen) atoms. The summed E-state index contributed by atoms with van der Waals surface area (Å²) in [7, 11) is 0. The van der Waals surface area contributed by atoms with Crippen molar-refractivity contribution in [1.29, 1.82) is 0 Å². The zero-order valence-corrected chi connectivity index (χ0v) is 9.27. The second kappa shape index (κ2) is 3.33. The molecular weight excluding hydrogens is 200 g/mol. The molecule has 0 saturated carbocycles. The van der Waals surface area contributed by atoms with E-state index in [4.69, 9.17) is 5.73 Å². The number of hydrogen-bond acceptors (Lipinski definition) is 3. The van der Waals surface area contributed by atoms with E-state index in [2.05, 4.69) is 20.8 Å². The first-order chi connectivity index (χ1) is 7.77. The van der Waals surface area contributed by atoms with Crippen LogP contribution in [0.25, 0.3) is 11.4 Å². The fourth-order valence-electron chi connectivity index (χ4n) is 2.25. The van der Waals surface area contributed by atoms with Crippen molar-refractivity contribution in [3.8, 4) is 11.4 Å². The zero-order valence-electron chi connectivity index (χ0n) is 9.27. The number of rotatable bonds is 1. The summed E-state index contributed by atoms with van der Waals surface area (Å²) >= 11 is 0. The summed E-state index contributed by atoms with van der Waals surface area (Å²) in [4.78, 5) is 0. The number of aromatic nitrogens is 3. The van der Waals surface area contributed by atoms with Crippen LogP contribution in [0.1, 0.15) is 17.8 Å². The number of fused-ring (bicyclic) bond motifs is 1. The fraction of sp³-hybridized carbons (Fsp3) is 0.333. The number of nitrogen functional groups attached to an aromatic ring is 1. The van der Waals surface area contributed by atoms with Gasteiger partial charge in [0.2, 0.25) is 0 Å². The Morgan fingerprint density at radius 1 is 1.31 bits per heavy atom. The summed E-state index contributed by atoms with van der Waals surface area (Å²) in [5.41, 5.74) is 8.91. The number of nitrogens with zero attached hydrogens (tertiary/aromatic N) is 3. The van der Waals surface area contributed by atoms with Gasteiger partial charge < -0.3 is 10.3 Å². The van der Waals surface area contributed by atoms with Crippen molar-refractivity contribution in [2.75, 3.05) is 5.73 Å². The Labute approximate surface area is 94.1 Å². The minimum absolute atomic E-state index is 0.813. The smallest absolute Gasteiger partial charge is 0.164 e. The lowest BCUT2D eigenvalue weighted by Gasteiger charge is -2.08. The fourth-order valence-corrected chi connectivity index (χ4v) is 2.25. The Bertz CT molecular complexity index is 542. The lowest BCUT2D eigenvalue weighted by atomic mass is 10.1. The maximum absolute atomic E-state index is 5.91. The summed E-state index contributed by atoms with van der Waals surface area (Å²) in [6.07, 6.45) is 2.20. The summed E-state index contributed by atoms with van der Waals surface area (Å²) in [5, 5.41) is 8.48. The number of hydrogen-bond donors (Lipinski definition) is 1. The second-order valence-electron chi connectivity index (χ2n) is 4.21. The Hall–Kier alpha value is -1.84. The maximum Gasteiger partial charge on any atom is 0.164 e. The van der Waals surface area contributed by atoms with Gasteiger partial charge in [-0.15, -0.1) is 10.2 Å². The second-order valence-corrected chi connectivity index (χ2v) is 4.21. The zero-order chi connectivity index (χ0) is 11.1. The molecule has 4 heteroatoms. The van der Waals surface area contributed by atoms with Crippen LogP contribution in [0.2, 0.25) is 0 Å². The van der Waals surface area contributed by atoms with E-state index in [1.807, 2.05) is 19.1 Å². The van der Waals surface area contributed by atoms with Gasteiger partial charge in [-0.1, -0.05) is 12.1 Å². The van der Waals surface area contributed by atoms with Crippen molar-refractivity contribution in [3.05, 3.63) is 29.6 Å². The largest absolute Gasteiger partial charge is 0.398 e. The maximum atomic E-state index is 5.91. The third kappa shape index (κ3) is 1.23. The van der Waals surface area contributed by atoms with Crippen molar-refractivity contribution >= 4 is 5.69 Å². The number of nitrogens with two attached hydrogens (primary N) is 1. The van der Waals surface area contributed by atoms with Crippen molar-refractivity contribution < 1.29 is 0 Å². The van der Waals surface area contributed by atoms with Crippen molar-refractivity contribution in [2.24, 2.45) is 0 Å². The highest BCUT2D eigenvalue weighted by molar-refractivity contribution is 5.68. The Kier molecular flexibility index (Phi) is 1.96. The van der Waals surface area contributed by atoms with Gasteiger partial charge in [0.05, 0.1) is 0 Å². The minimum atomic E-state index is 0.813. The highest BCUT2D eigenvalue weighted by Gasteiger charge is 2.19. The molecule has 1 aliphatic rings.